The van der Waals surface area contributed by atoms with Crippen LogP contribution in [0.15, 0.2) is 59.9 Å². The first-order valence-electron chi connectivity index (χ1n) is 10.5. The molecule has 0 saturated carbocycles. The first-order chi connectivity index (χ1) is 15.5. The number of hydrogen-bond acceptors (Lipinski definition) is 5. The highest BCUT2D eigenvalue weighted by molar-refractivity contribution is 7.99. The van der Waals surface area contributed by atoms with Gasteiger partial charge in [-0.15, -0.1) is 10.2 Å². The Morgan fingerprint density at radius 2 is 1.81 bits per heavy atom. The minimum Gasteiger partial charge on any atom is -0.325 e. The lowest BCUT2D eigenvalue weighted by Crippen LogP contribution is -2.15. The molecule has 0 aliphatic carbocycles. The Morgan fingerprint density at radius 1 is 1.06 bits per heavy atom. The summed E-state index contributed by atoms with van der Waals surface area (Å²) in [6, 6.07) is 16.0. The van der Waals surface area contributed by atoms with Gasteiger partial charge in [0, 0.05) is 31.0 Å². The molecule has 0 aliphatic rings. The average molecular weight is 447 g/mol. The van der Waals surface area contributed by atoms with Crippen LogP contribution < -0.4 is 5.32 Å². The fraction of sp³-hybridized carbons (Fsp3) is 0.250. The van der Waals surface area contributed by atoms with Crippen LogP contribution in [0.25, 0.3) is 22.6 Å². The lowest BCUT2D eigenvalue weighted by molar-refractivity contribution is -0.113. The maximum atomic E-state index is 12.5. The molecule has 0 aliphatic heterocycles. The van der Waals surface area contributed by atoms with Crippen LogP contribution in [0.4, 0.5) is 5.69 Å². The monoisotopic (exact) mass is 446 g/mol. The van der Waals surface area contributed by atoms with Gasteiger partial charge in [0.1, 0.15) is 5.69 Å². The van der Waals surface area contributed by atoms with E-state index in [1.165, 1.54) is 17.3 Å². The molecule has 2 heterocycles. The first kappa shape index (κ1) is 21.8. The van der Waals surface area contributed by atoms with Gasteiger partial charge in [-0.1, -0.05) is 59.8 Å². The first-order valence-corrected chi connectivity index (χ1v) is 11.5. The molecule has 1 amide bonds. The summed E-state index contributed by atoms with van der Waals surface area (Å²) < 4.78 is 3.82. The number of carbonyl (C=O) groups is 1. The Morgan fingerprint density at radius 3 is 2.53 bits per heavy atom. The zero-order valence-electron chi connectivity index (χ0n) is 18.7. The van der Waals surface area contributed by atoms with Crippen molar-refractivity contribution in [1.82, 2.24) is 24.5 Å². The number of anilines is 1. The number of amides is 1. The highest BCUT2D eigenvalue weighted by Gasteiger charge is 2.20. The highest BCUT2D eigenvalue weighted by Crippen LogP contribution is 2.32. The van der Waals surface area contributed by atoms with E-state index in [0.717, 1.165) is 33.9 Å². The molecule has 4 aromatic rings. The van der Waals surface area contributed by atoms with Crippen LogP contribution in [0.5, 0.6) is 0 Å². The Kier molecular flexibility index (Phi) is 6.41. The van der Waals surface area contributed by atoms with Gasteiger partial charge in [-0.05, 0) is 32.4 Å². The molecule has 1 N–H and O–H groups in total. The molecule has 164 valence electrons. The Hall–Kier alpha value is -3.39. The van der Waals surface area contributed by atoms with Gasteiger partial charge in [-0.25, -0.2) is 0 Å². The number of nitrogens with zero attached hydrogens (tertiary/aromatic N) is 5. The third-order valence-corrected chi connectivity index (χ3v) is 6.15. The smallest absolute Gasteiger partial charge is 0.234 e. The summed E-state index contributed by atoms with van der Waals surface area (Å²) in [4.78, 5) is 12.5. The van der Waals surface area contributed by atoms with E-state index in [1.54, 1.807) is 4.68 Å². The summed E-state index contributed by atoms with van der Waals surface area (Å²) in [5.74, 6) is 0.931. The quantitative estimate of drug-likeness (QED) is 0.416. The zero-order chi connectivity index (χ0) is 22.7. The zero-order valence-corrected chi connectivity index (χ0v) is 19.5. The molecule has 0 spiro atoms. The van der Waals surface area contributed by atoms with Crippen molar-refractivity contribution in [3.05, 3.63) is 65.9 Å². The van der Waals surface area contributed by atoms with Crippen LogP contribution in [0, 0.1) is 13.8 Å². The number of carbonyl (C=O) groups excluding carboxylic acids is 1. The molecule has 0 unspecified atom stereocenters. The van der Waals surface area contributed by atoms with Crippen LogP contribution in [0.2, 0.25) is 0 Å². The van der Waals surface area contributed by atoms with E-state index in [-0.39, 0.29) is 11.7 Å². The highest BCUT2D eigenvalue weighted by atomic mass is 32.2. The summed E-state index contributed by atoms with van der Waals surface area (Å²) in [7, 11) is 1.90. The molecular weight excluding hydrogens is 420 g/mol. The molecule has 4 rings (SSSR count). The molecule has 2 aromatic carbocycles. The van der Waals surface area contributed by atoms with Crippen molar-refractivity contribution in [2.75, 3.05) is 11.1 Å². The van der Waals surface area contributed by atoms with Crippen molar-refractivity contribution in [3.63, 3.8) is 0 Å². The summed E-state index contributed by atoms with van der Waals surface area (Å²) in [5, 5.41) is 17.2. The molecule has 7 nitrogen and oxygen atoms in total. The maximum Gasteiger partial charge on any atom is 0.234 e. The number of aromatic nitrogens is 5. The largest absolute Gasteiger partial charge is 0.325 e. The third kappa shape index (κ3) is 4.60. The number of para-hydroxylation sites is 1. The van der Waals surface area contributed by atoms with Crippen molar-refractivity contribution in [3.8, 4) is 22.6 Å². The summed E-state index contributed by atoms with van der Waals surface area (Å²) in [6.45, 7) is 6.77. The van der Waals surface area contributed by atoms with Gasteiger partial charge in [-0.2, -0.15) is 5.10 Å². The second-order valence-electron chi connectivity index (χ2n) is 7.63. The molecule has 0 bridgehead atoms. The van der Waals surface area contributed by atoms with Crippen molar-refractivity contribution in [2.45, 2.75) is 32.5 Å². The third-order valence-electron chi connectivity index (χ3n) is 5.18. The summed E-state index contributed by atoms with van der Waals surface area (Å²) in [5.41, 5.74) is 5.87. The molecule has 0 saturated heterocycles. The van der Waals surface area contributed by atoms with E-state index < -0.39 is 0 Å². The molecule has 0 atom stereocenters. The molecule has 32 heavy (non-hydrogen) atoms. The van der Waals surface area contributed by atoms with Gasteiger partial charge in [0.25, 0.3) is 0 Å². The van der Waals surface area contributed by atoms with Crippen LogP contribution in [0.3, 0.4) is 0 Å². The van der Waals surface area contributed by atoms with E-state index in [1.807, 2.05) is 55.9 Å². The standard InChI is InChI=1S/C24H26N6OS/c1-5-30-23(19-14-29(4)28-22(19)18-12-10-16(2)11-13-18)26-27-24(30)32-15-21(31)25-20-9-7-6-8-17(20)3/h6-14H,5,15H2,1-4H3,(H,25,31). The fourth-order valence-electron chi connectivity index (χ4n) is 3.49. The van der Waals surface area contributed by atoms with E-state index >= 15 is 0 Å². The number of rotatable bonds is 7. The fourth-order valence-corrected chi connectivity index (χ4v) is 4.29. The Labute approximate surface area is 191 Å². The number of benzene rings is 2. The van der Waals surface area contributed by atoms with Crippen molar-refractivity contribution < 1.29 is 4.79 Å². The van der Waals surface area contributed by atoms with Crippen LogP contribution in [0.1, 0.15) is 18.1 Å². The number of nitrogens with one attached hydrogen (secondary N) is 1. The maximum absolute atomic E-state index is 12.5. The van der Waals surface area contributed by atoms with Gasteiger partial charge >= 0.3 is 0 Å². The number of hydrogen-bond donors (Lipinski definition) is 1. The van der Waals surface area contributed by atoms with Crippen LogP contribution in [-0.4, -0.2) is 36.2 Å². The lowest BCUT2D eigenvalue weighted by atomic mass is 10.1. The van der Waals surface area contributed by atoms with Crippen molar-refractivity contribution in [1.29, 1.82) is 0 Å². The summed E-state index contributed by atoms with van der Waals surface area (Å²) >= 11 is 1.38. The molecular formula is C24H26N6OS. The summed E-state index contributed by atoms with van der Waals surface area (Å²) in [6.07, 6.45) is 1.96. The number of aryl methyl sites for hydroxylation is 3. The van der Waals surface area contributed by atoms with Crippen molar-refractivity contribution in [2.24, 2.45) is 7.05 Å². The van der Waals surface area contributed by atoms with Gasteiger partial charge < -0.3 is 9.88 Å². The van der Waals surface area contributed by atoms with Gasteiger partial charge in [0.2, 0.25) is 5.91 Å². The predicted molar refractivity (Wildman–Crippen MR) is 129 cm³/mol. The van der Waals surface area contributed by atoms with Gasteiger partial charge in [0.05, 0.1) is 11.3 Å². The van der Waals surface area contributed by atoms with Crippen molar-refractivity contribution >= 4 is 23.4 Å². The van der Waals surface area contributed by atoms with E-state index in [2.05, 4.69) is 51.8 Å². The molecule has 0 radical (unpaired) electrons. The normalized spacial score (nSPS) is 11.0. The Bertz CT molecular complexity index is 1240. The van der Waals surface area contributed by atoms with Gasteiger partial charge in [0.15, 0.2) is 11.0 Å². The van der Waals surface area contributed by atoms with Crippen LogP contribution in [-0.2, 0) is 18.4 Å². The topological polar surface area (TPSA) is 77.6 Å². The SMILES string of the molecule is CCn1c(SCC(=O)Nc2ccccc2C)nnc1-c1cn(C)nc1-c1ccc(C)cc1. The average Bonchev–Trinajstić information content (AvgIpc) is 3.37. The second-order valence-corrected chi connectivity index (χ2v) is 8.58. The number of thioether (sulfide) groups is 1. The predicted octanol–water partition coefficient (Wildman–Crippen LogP) is 4.71. The van der Waals surface area contributed by atoms with Gasteiger partial charge in [-0.3, -0.25) is 9.48 Å². The molecule has 2 aromatic heterocycles. The van der Waals surface area contributed by atoms with E-state index in [9.17, 15) is 4.79 Å². The lowest BCUT2D eigenvalue weighted by Gasteiger charge is -2.09. The second kappa shape index (κ2) is 9.40. The van der Waals surface area contributed by atoms with E-state index in [0.29, 0.717) is 11.7 Å². The van der Waals surface area contributed by atoms with E-state index in [4.69, 9.17) is 0 Å². The molecule has 8 heteroatoms. The minimum absolute atomic E-state index is 0.0711. The van der Waals surface area contributed by atoms with Crippen LogP contribution >= 0.6 is 11.8 Å². The minimum atomic E-state index is -0.0711. The molecule has 0 fully saturated rings. The Balaban J connectivity index is 1.56.